The molecule has 1 amide bonds. The van der Waals surface area contributed by atoms with Crippen molar-refractivity contribution in [3.8, 4) is 11.3 Å². The van der Waals surface area contributed by atoms with Crippen LogP contribution in [0.3, 0.4) is 0 Å². The Bertz CT molecular complexity index is 1110. The molecule has 0 aliphatic rings. The van der Waals surface area contributed by atoms with Gasteiger partial charge in [-0.15, -0.1) is 11.3 Å². The Morgan fingerprint density at radius 2 is 2.17 bits per heavy atom. The molecule has 0 aliphatic heterocycles. The number of fused-ring (bicyclic) bond motifs is 2. The number of aromatic nitrogens is 3. The molecule has 4 aromatic rings. The van der Waals surface area contributed by atoms with E-state index in [0.717, 1.165) is 21.5 Å². The van der Waals surface area contributed by atoms with Gasteiger partial charge in [0.15, 0.2) is 0 Å². The second-order valence-corrected chi connectivity index (χ2v) is 6.31. The van der Waals surface area contributed by atoms with Crippen LogP contribution in [0.15, 0.2) is 35.8 Å². The summed E-state index contributed by atoms with van der Waals surface area (Å²) in [6.07, 6.45) is 1.48. The molecule has 0 bridgehead atoms. The predicted molar refractivity (Wildman–Crippen MR) is 91.1 cm³/mol. The third-order valence-electron chi connectivity index (χ3n) is 3.89. The van der Waals surface area contributed by atoms with Gasteiger partial charge in [0, 0.05) is 22.7 Å². The Hall–Kier alpha value is -3.13. The normalized spacial score (nSPS) is 11.3. The van der Waals surface area contributed by atoms with Crippen LogP contribution in [0.25, 0.3) is 32.4 Å². The van der Waals surface area contributed by atoms with Crippen LogP contribution in [0.2, 0.25) is 0 Å². The number of aromatic amines is 1. The van der Waals surface area contributed by atoms with Crippen LogP contribution in [0.1, 0.15) is 10.4 Å². The fourth-order valence-electron chi connectivity index (χ4n) is 2.86. The van der Waals surface area contributed by atoms with Crippen LogP contribution >= 0.6 is 11.3 Å². The summed E-state index contributed by atoms with van der Waals surface area (Å²) in [5.41, 5.74) is 8.98. The van der Waals surface area contributed by atoms with E-state index < -0.39 is 11.9 Å². The molecule has 24 heavy (non-hydrogen) atoms. The van der Waals surface area contributed by atoms with Crippen molar-refractivity contribution >= 4 is 44.3 Å². The minimum atomic E-state index is -0.986. The van der Waals surface area contributed by atoms with Crippen molar-refractivity contribution in [2.24, 2.45) is 5.73 Å². The Morgan fingerprint density at radius 1 is 1.33 bits per heavy atom. The number of amides is 1. The molecule has 0 fully saturated rings. The van der Waals surface area contributed by atoms with E-state index >= 15 is 0 Å². The number of carboxylic acid groups (broad SMARTS) is 1. The number of nitrogens with zero attached hydrogens (tertiary/aromatic N) is 2. The van der Waals surface area contributed by atoms with E-state index in [1.54, 1.807) is 17.4 Å². The fraction of sp³-hybridized carbons (Fsp3) is 0.0625. The highest BCUT2D eigenvalue weighted by Crippen LogP contribution is 2.33. The smallest absolute Gasteiger partial charge is 0.323 e. The summed E-state index contributed by atoms with van der Waals surface area (Å²) in [6, 6.07) is 7.42. The monoisotopic (exact) mass is 340 g/mol. The van der Waals surface area contributed by atoms with E-state index in [1.165, 1.54) is 10.8 Å². The number of primary amides is 1. The van der Waals surface area contributed by atoms with Crippen molar-refractivity contribution in [3.63, 3.8) is 0 Å². The number of carbonyl (C=O) groups is 2. The van der Waals surface area contributed by atoms with Gasteiger partial charge in [0.05, 0.1) is 15.8 Å². The summed E-state index contributed by atoms with van der Waals surface area (Å²) in [5.74, 6) is -1.58. The number of carbonyl (C=O) groups excluding carboxylic acids is 1. The van der Waals surface area contributed by atoms with Crippen molar-refractivity contribution < 1.29 is 14.7 Å². The summed E-state index contributed by atoms with van der Waals surface area (Å²) in [4.78, 5) is 22.7. The second kappa shape index (κ2) is 5.20. The van der Waals surface area contributed by atoms with E-state index in [4.69, 9.17) is 10.8 Å². The highest BCUT2D eigenvalue weighted by atomic mass is 32.1. The zero-order valence-corrected chi connectivity index (χ0v) is 13.1. The maximum absolute atomic E-state index is 11.7. The summed E-state index contributed by atoms with van der Waals surface area (Å²) in [6.45, 7) is -0.235. The summed E-state index contributed by atoms with van der Waals surface area (Å²) >= 11 is 1.58. The lowest BCUT2D eigenvalue weighted by molar-refractivity contribution is -0.137. The standard InChI is InChI=1S/C16H12N4O3S/c17-16(23)10-6-20(7-13(21)22)12-2-1-8(5-9(10)12)14-15-11(18-19-14)3-4-24-15/h1-6H,7H2,(H2,17,23)(H,18,19)(H,21,22). The molecule has 0 aliphatic carbocycles. The van der Waals surface area contributed by atoms with E-state index in [0.29, 0.717) is 16.5 Å². The van der Waals surface area contributed by atoms with E-state index in [-0.39, 0.29) is 6.54 Å². The quantitative estimate of drug-likeness (QED) is 0.529. The van der Waals surface area contributed by atoms with Crippen molar-refractivity contribution in [3.05, 3.63) is 41.4 Å². The molecule has 120 valence electrons. The minimum absolute atomic E-state index is 0.235. The Kier molecular flexibility index (Phi) is 3.14. The SMILES string of the molecule is NC(=O)c1cn(CC(=O)O)c2ccc(-c3n[nH]c4ccsc34)cc12. The lowest BCUT2D eigenvalue weighted by Crippen LogP contribution is -2.11. The van der Waals surface area contributed by atoms with E-state index in [9.17, 15) is 9.59 Å². The van der Waals surface area contributed by atoms with E-state index in [1.807, 2.05) is 23.6 Å². The van der Waals surface area contributed by atoms with Gasteiger partial charge in [-0.1, -0.05) is 6.07 Å². The minimum Gasteiger partial charge on any atom is -0.480 e. The first-order chi connectivity index (χ1) is 11.5. The molecule has 0 saturated carbocycles. The topological polar surface area (TPSA) is 114 Å². The summed E-state index contributed by atoms with van der Waals surface area (Å²) in [5, 5.41) is 18.9. The van der Waals surface area contributed by atoms with Crippen molar-refractivity contribution in [1.29, 1.82) is 0 Å². The van der Waals surface area contributed by atoms with Crippen LogP contribution in [0.5, 0.6) is 0 Å². The number of thiophene rings is 1. The molecule has 0 atom stereocenters. The third-order valence-corrected chi connectivity index (χ3v) is 4.82. The number of benzene rings is 1. The number of rotatable bonds is 4. The number of nitrogens with two attached hydrogens (primary N) is 1. The molecule has 3 aromatic heterocycles. The van der Waals surface area contributed by atoms with Gasteiger partial charge < -0.3 is 15.4 Å². The van der Waals surface area contributed by atoms with E-state index in [2.05, 4.69) is 10.2 Å². The lowest BCUT2D eigenvalue weighted by atomic mass is 10.1. The summed E-state index contributed by atoms with van der Waals surface area (Å²) < 4.78 is 2.53. The summed E-state index contributed by atoms with van der Waals surface area (Å²) in [7, 11) is 0. The van der Waals surface area contributed by atoms with Crippen LogP contribution in [0, 0.1) is 0 Å². The van der Waals surface area contributed by atoms with Crippen LogP contribution in [0.4, 0.5) is 0 Å². The fourth-order valence-corrected chi connectivity index (χ4v) is 3.72. The molecular weight excluding hydrogens is 328 g/mol. The Balaban J connectivity index is 1.94. The van der Waals surface area contributed by atoms with Gasteiger partial charge in [-0.2, -0.15) is 5.10 Å². The molecular formula is C16H12N4O3S. The largest absolute Gasteiger partial charge is 0.480 e. The van der Waals surface area contributed by atoms with Crippen molar-refractivity contribution in [2.75, 3.05) is 0 Å². The molecule has 0 radical (unpaired) electrons. The van der Waals surface area contributed by atoms with Crippen LogP contribution in [-0.4, -0.2) is 31.7 Å². The van der Waals surface area contributed by atoms with Gasteiger partial charge in [0.1, 0.15) is 12.2 Å². The third kappa shape index (κ3) is 2.16. The van der Waals surface area contributed by atoms with Gasteiger partial charge in [-0.25, -0.2) is 0 Å². The highest BCUT2D eigenvalue weighted by molar-refractivity contribution is 7.17. The molecule has 4 N–H and O–H groups in total. The first-order valence-corrected chi connectivity index (χ1v) is 7.99. The molecule has 3 heterocycles. The number of aliphatic carboxylic acids is 1. The Labute approximate surface area is 139 Å². The van der Waals surface area contributed by atoms with Gasteiger partial charge >= 0.3 is 5.97 Å². The van der Waals surface area contributed by atoms with Crippen molar-refractivity contribution in [1.82, 2.24) is 14.8 Å². The molecule has 0 saturated heterocycles. The van der Waals surface area contributed by atoms with Crippen molar-refractivity contribution in [2.45, 2.75) is 6.54 Å². The highest BCUT2D eigenvalue weighted by Gasteiger charge is 2.17. The van der Waals surface area contributed by atoms with Crippen LogP contribution < -0.4 is 5.73 Å². The number of hydrogen-bond acceptors (Lipinski definition) is 4. The second-order valence-electron chi connectivity index (χ2n) is 5.40. The van der Waals surface area contributed by atoms with Gasteiger partial charge in [-0.05, 0) is 23.6 Å². The number of carboxylic acids is 1. The maximum atomic E-state index is 11.7. The molecule has 0 spiro atoms. The zero-order chi connectivity index (χ0) is 16.8. The van der Waals surface area contributed by atoms with Crippen LogP contribution in [-0.2, 0) is 11.3 Å². The predicted octanol–water partition coefficient (Wildman–Crippen LogP) is 2.43. The number of H-pyrrole nitrogens is 1. The number of nitrogens with one attached hydrogen (secondary N) is 1. The average Bonchev–Trinajstić information content (AvgIpc) is 3.20. The molecule has 8 heteroatoms. The van der Waals surface area contributed by atoms with Gasteiger partial charge in [-0.3, -0.25) is 14.7 Å². The number of hydrogen-bond donors (Lipinski definition) is 3. The average molecular weight is 340 g/mol. The Morgan fingerprint density at radius 3 is 2.92 bits per heavy atom. The maximum Gasteiger partial charge on any atom is 0.323 e. The lowest BCUT2D eigenvalue weighted by Gasteiger charge is -2.02. The molecule has 0 unspecified atom stereocenters. The van der Waals surface area contributed by atoms with Gasteiger partial charge in [0.2, 0.25) is 0 Å². The molecule has 4 rings (SSSR count). The zero-order valence-electron chi connectivity index (χ0n) is 12.3. The molecule has 1 aromatic carbocycles. The first kappa shape index (κ1) is 14.5. The molecule has 7 nitrogen and oxygen atoms in total. The van der Waals surface area contributed by atoms with Gasteiger partial charge in [0.25, 0.3) is 5.91 Å². The first-order valence-electron chi connectivity index (χ1n) is 7.11.